The Labute approximate surface area is 441 Å². The van der Waals surface area contributed by atoms with Gasteiger partial charge in [0.25, 0.3) is 0 Å². The van der Waals surface area contributed by atoms with Gasteiger partial charge >= 0.3 is 6.85 Å². The van der Waals surface area contributed by atoms with Gasteiger partial charge in [0.05, 0.1) is 0 Å². The third-order valence-electron chi connectivity index (χ3n) is 16.3. The molecule has 2 nitrogen and oxygen atoms in total. The van der Waals surface area contributed by atoms with Gasteiger partial charge in [-0.1, -0.05) is 144 Å². The van der Waals surface area contributed by atoms with Crippen LogP contribution in [0.1, 0.15) is 55.6 Å². The number of fused-ring (bicyclic) bond motifs is 7. The number of aryl methyl sites for hydroxylation is 9. The Morgan fingerprint density at radius 3 is 1.41 bits per heavy atom. The van der Waals surface area contributed by atoms with Gasteiger partial charge in [0.15, 0.2) is 0 Å². The van der Waals surface area contributed by atoms with Gasteiger partial charge in [-0.2, -0.15) is 0 Å². The standard InChI is InChI=1S/C70H58BClN2/c1-39-25-42(4)65(43(5)26-39)51-21-23-62-57(34-51)58-35-55(67-46(8)29-41(3)30-47(67)9)36-59-68-48(10)61(72)38-64-69(68)71(74(62)70(58)59)60-37-52(66-44(6)27-40(2)28-45(66)7)22-24-63(60)73(64)56-32-53(49-17-13-11-14-18-49)31-54(33-56)50-19-15-12-16-20-50/h11-38H,1-10H3. The molecule has 13 rings (SSSR count). The Balaban J connectivity index is 1.18. The Hall–Kier alpha value is -7.85. The van der Waals surface area contributed by atoms with Crippen LogP contribution < -0.4 is 15.8 Å². The average Bonchev–Trinajstić information content (AvgIpc) is 3.79. The van der Waals surface area contributed by atoms with Crippen molar-refractivity contribution in [1.82, 2.24) is 4.48 Å². The highest BCUT2D eigenvalue weighted by Gasteiger charge is 2.44. The van der Waals surface area contributed by atoms with Crippen molar-refractivity contribution in [3.63, 3.8) is 0 Å². The van der Waals surface area contributed by atoms with Crippen molar-refractivity contribution in [3.05, 3.63) is 231 Å². The Bertz CT molecular complexity index is 4070. The number of aromatic nitrogens is 1. The molecule has 10 aromatic carbocycles. The zero-order valence-electron chi connectivity index (χ0n) is 44.0. The molecule has 0 unspecified atom stereocenters. The van der Waals surface area contributed by atoms with E-state index in [4.69, 9.17) is 11.6 Å². The highest BCUT2D eigenvalue weighted by molar-refractivity contribution is 6.90. The lowest BCUT2D eigenvalue weighted by Gasteiger charge is -2.41. The van der Waals surface area contributed by atoms with E-state index in [9.17, 15) is 0 Å². The van der Waals surface area contributed by atoms with E-state index in [0.717, 1.165) is 38.8 Å². The summed E-state index contributed by atoms with van der Waals surface area (Å²) >= 11 is 7.75. The van der Waals surface area contributed by atoms with Gasteiger partial charge in [0.2, 0.25) is 0 Å². The van der Waals surface area contributed by atoms with Crippen molar-refractivity contribution in [2.75, 3.05) is 4.90 Å². The molecule has 4 heteroatoms. The van der Waals surface area contributed by atoms with Crippen molar-refractivity contribution in [3.8, 4) is 66.8 Å². The van der Waals surface area contributed by atoms with Crippen LogP contribution >= 0.6 is 11.6 Å². The fourth-order valence-electron chi connectivity index (χ4n) is 13.7. The van der Waals surface area contributed by atoms with E-state index in [2.05, 4.69) is 248 Å². The molecular weight excluding hydrogens is 915 g/mol. The van der Waals surface area contributed by atoms with Crippen LogP contribution in [0.5, 0.6) is 0 Å². The number of hydrogen-bond acceptors (Lipinski definition) is 1. The van der Waals surface area contributed by atoms with Crippen molar-refractivity contribution in [2.45, 2.75) is 69.2 Å². The van der Waals surface area contributed by atoms with Crippen molar-refractivity contribution in [1.29, 1.82) is 0 Å². The number of rotatable bonds is 6. The molecule has 11 aromatic rings. The zero-order valence-corrected chi connectivity index (χ0v) is 44.8. The van der Waals surface area contributed by atoms with Gasteiger partial charge in [0, 0.05) is 49.5 Å². The predicted molar refractivity (Wildman–Crippen MR) is 320 cm³/mol. The molecule has 2 aliphatic rings. The second-order valence-corrected chi connectivity index (χ2v) is 22.1. The van der Waals surface area contributed by atoms with Crippen molar-refractivity contribution >= 4 is 68.2 Å². The summed E-state index contributed by atoms with van der Waals surface area (Å²) in [6.45, 7) is 22.3. The lowest BCUT2D eigenvalue weighted by Crippen LogP contribution is -2.57. The molecule has 1 aromatic heterocycles. The third-order valence-corrected chi connectivity index (χ3v) is 16.7. The first kappa shape index (κ1) is 46.0. The number of anilines is 3. The van der Waals surface area contributed by atoms with Crippen LogP contribution in [-0.4, -0.2) is 11.3 Å². The first-order chi connectivity index (χ1) is 35.7. The Morgan fingerprint density at radius 1 is 0.378 bits per heavy atom. The fraction of sp³-hybridized carbons (Fsp3) is 0.143. The molecule has 0 bridgehead atoms. The van der Waals surface area contributed by atoms with E-state index < -0.39 is 0 Å². The van der Waals surface area contributed by atoms with E-state index in [1.807, 2.05) is 0 Å². The van der Waals surface area contributed by atoms with Gasteiger partial charge < -0.3 is 9.38 Å². The van der Waals surface area contributed by atoms with E-state index in [-0.39, 0.29) is 6.85 Å². The number of nitrogens with zero attached hydrogens (tertiary/aromatic N) is 2. The van der Waals surface area contributed by atoms with E-state index >= 15 is 0 Å². The molecule has 0 aliphatic carbocycles. The number of hydrogen-bond donors (Lipinski definition) is 0. The monoisotopic (exact) mass is 972 g/mol. The van der Waals surface area contributed by atoms with Crippen molar-refractivity contribution in [2.24, 2.45) is 0 Å². The van der Waals surface area contributed by atoms with Crippen LogP contribution in [-0.2, 0) is 0 Å². The summed E-state index contributed by atoms with van der Waals surface area (Å²) in [5.74, 6) is 0. The lowest BCUT2D eigenvalue weighted by atomic mass is 9.44. The zero-order chi connectivity index (χ0) is 51.0. The van der Waals surface area contributed by atoms with Crippen LogP contribution in [0.25, 0.3) is 88.6 Å². The maximum absolute atomic E-state index is 7.75. The number of halogens is 1. The van der Waals surface area contributed by atoms with E-state index in [0.29, 0.717) is 0 Å². The van der Waals surface area contributed by atoms with Gasteiger partial charge in [0.1, 0.15) is 0 Å². The average molecular weight is 974 g/mol. The number of benzene rings is 10. The largest absolute Gasteiger partial charge is 0.375 e. The maximum Gasteiger partial charge on any atom is 0.333 e. The highest BCUT2D eigenvalue weighted by Crippen LogP contribution is 2.51. The molecule has 0 saturated heterocycles. The second kappa shape index (κ2) is 17.1. The summed E-state index contributed by atoms with van der Waals surface area (Å²) in [4.78, 5) is 2.53. The quantitative estimate of drug-likeness (QED) is 0.151. The first-order valence-corrected chi connectivity index (χ1v) is 26.5. The minimum absolute atomic E-state index is 0.172. The maximum atomic E-state index is 7.75. The molecule has 0 fully saturated rings. The minimum Gasteiger partial charge on any atom is -0.375 e. The van der Waals surface area contributed by atoms with Crippen LogP contribution in [0, 0.1) is 69.2 Å². The normalized spacial score (nSPS) is 12.5. The van der Waals surface area contributed by atoms with Crippen LogP contribution in [0.4, 0.5) is 17.1 Å². The molecule has 0 radical (unpaired) electrons. The summed E-state index contributed by atoms with van der Waals surface area (Å²) in [6, 6.07) is 64.5. The van der Waals surface area contributed by atoms with Gasteiger partial charge in [-0.15, -0.1) is 0 Å². The molecule has 358 valence electrons. The van der Waals surface area contributed by atoms with E-state index in [1.165, 1.54) is 138 Å². The molecule has 2 aliphatic heterocycles. The predicted octanol–water partition coefficient (Wildman–Crippen LogP) is 18.3. The second-order valence-electron chi connectivity index (χ2n) is 21.6. The first-order valence-electron chi connectivity index (χ1n) is 26.1. The Morgan fingerprint density at radius 2 is 0.865 bits per heavy atom. The Kier molecular flexibility index (Phi) is 10.6. The van der Waals surface area contributed by atoms with Gasteiger partial charge in [-0.25, -0.2) is 0 Å². The SMILES string of the molecule is Cc1cc(C)c(-c2ccc3c(c2)B2c4c(cc(Cl)c(C)c4-c4cc(-c5c(C)cc(C)cc5C)cc5c6cc(-c7c(C)cc(C)cc7C)ccc6n2c45)N3c2cc(-c3ccccc3)cc(-c3ccccc3)c2)c(C)c1. The van der Waals surface area contributed by atoms with Gasteiger partial charge in [-0.3, -0.25) is 0 Å². The molecule has 0 spiro atoms. The molecule has 0 saturated carbocycles. The lowest BCUT2D eigenvalue weighted by molar-refractivity contribution is 1.24. The van der Waals surface area contributed by atoms with Crippen LogP contribution in [0.2, 0.25) is 5.02 Å². The molecule has 3 heterocycles. The molecule has 0 amide bonds. The fourth-order valence-corrected chi connectivity index (χ4v) is 13.9. The van der Waals surface area contributed by atoms with Crippen LogP contribution in [0.3, 0.4) is 0 Å². The molecule has 74 heavy (non-hydrogen) atoms. The summed E-state index contributed by atoms with van der Waals surface area (Å²) in [5, 5.41) is 3.28. The highest BCUT2D eigenvalue weighted by atomic mass is 35.5. The van der Waals surface area contributed by atoms with E-state index in [1.54, 1.807) is 0 Å². The minimum atomic E-state index is -0.172. The molecule has 0 atom stereocenters. The molecule has 0 N–H and O–H groups in total. The third kappa shape index (κ3) is 7.08. The topological polar surface area (TPSA) is 8.17 Å². The van der Waals surface area contributed by atoms with Crippen LogP contribution in [0.15, 0.2) is 170 Å². The van der Waals surface area contributed by atoms with Gasteiger partial charge in [-0.05, 0) is 235 Å². The summed E-state index contributed by atoms with van der Waals surface area (Å²) < 4.78 is 2.71. The summed E-state index contributed by atoms with van der Waals surface area (Å²) in [6.07, 6.45) is 0. The summed E-state index contributed by atoms with van der Waals surface area (Å²) in [5.41, 5.74) is 35.7. The smallest absolute Gasteiger partial charge is 0.333 e. The summed E-state index contributed by atoms with van der Waals surface area (Å²) in [7, 11) is 0. The molecular formula is C70H58BClN2. The van der Waals surface area contributed by atoms with Crippen molar-refractivity contribution < 1.29 is 0 Å².